The average molecular weight is 694 g/mol. The third kappa shape index (κ3) is 4.45. The van der Waals surface area contributed by atoms with E-state index in [-0.39, 0.29) is 5.92 Å². The molecule has 2 bridgehead atoms. The van der Waals surface area contributed by atoms with E-state index in [1.807, 2.05) is 0 Å². The van der Waals surface area contributed by atoms with Crippen LogP contribution in [0, 0.1) is 17.3 Å². The minimum Gasteiger partial charge on any atom is -0.309 e. The van der Waals surface area contributed by atoms with Crippen molar-refractivity contribution in [3.63, 3.8) is 0 Å². The quantitative estimate of drug-likeness (QED) is 0.157. The van der Waals surface area contributed by atoms with Crippen LogP contribution in [0.3, 0.4) is 0 Å². The van der Waals surface area contributed by atoms with Crippen LogP contribution in [0.2, 0.25) is 0 Å². The fourth-order valence-corrected chi connectivity index (χ4v) is 12.0. The average Bonchev–Trinajstić information content (AvgIpc) is 3.78. The van der Waals surface area contributed by atoms with Crippen molar-refractivity contribution in [2.24, 2.45) is 17.3 Å². The Balaban J connectivity index is 0.808. The van der Waals surface area contributed by atoms with Crippen LogP contribution in [0.1, 0.15) is 71.3 Å². The van der Waals surface area contributed by atoms with E-state index >= 15 is 0 Å². The maximum absolute atomic E-state index is 2.59. The van der Waals surface area contributed by atoms with E-state index in [9.17, 15) is 0 Å². The van der Waals surface area contributed by atoms with Gasteiger partial charge in [0.25, 0.3) is 0 Å². The summed E-state index contributed by atoms with van der Waals surface area (Å²) in [6.07, 6.45) is 6.85. The van der Waals surface area contributed by atoms with Crippen molar-refractivity contribution in [1.29, 1.82) is 0 Å². The van der Waals surface area contributed by atoms with Gasteiger partial charge in [0.2, 0.25) is 0 Å². The second-order valence-corrected chi connectivity index (χ2v) is 16.9. The number of para-hydroxylation sites is 2. The summed E-state index contributed by atoms with van der Waals surface area (Å²) < 4.78 is 2.38. The second kappa shape index (κ2) is 11.7. The molecule has 1 heterocycles. The molecule has 4 aliphatic rings. The van der Waals surface area contributed by atoms with Gasteiger partial charge >= 0.3 is 0 Å². The van der Waals surface area contributed by atoms with Crippen LogP contribution in [0.25, 0.3) is 49.7 Å². The van der Waals surface area contributed by atoms with Gasteiger partial charge in [-0.05, 0) is 136 Å². The lowest BCUT2D eigenvalue weighted by molar-refractivity contribution is -0.146. The lowest BCUT2D eigenvalue weighted by Crippen LogP contribution is -2.59. The molecule has 0 aliphatic heterocycles. The SMILES string of the molecule is c1ccc(C(Cc2ccc(-c3ccc(-n4c5ccccc5c5ccccc54)cc3)cc2)c2ccc(-c3ccc4c(c3)C3CC5CC6CC4CC653)cc2)cc1. The fraction of sp³-hybridized carbons (Fsp3) is 0.208. The first-order chi connectivity index (χ1) is 26.7. The summed E-state index contributed by atoms with van der Waals surface area (Å²) >= 11 is 0. The normalized spacial score (nSPS) is 23.7. The standard InChI is InChI=1S/C53H43N/c1-2-8-38(9-3-1)48(39-20-18-37(19-21-39)40-24-27-45-41-29-42-31-43-32-50(49(45)30-40)53(42,43)33-41)28-34-14-16-35(17-15-34)36-22-25-44(26-23-36)54-51-12-6-4-10-46(51)47-11-5-7-13-52(47)54/h1-27,30,41-43,48,50H,28-29,31-33H2. The van der Waals surface area contributed by atoms with E-state index < -0.39 is 0 Å². The zero-order valence-corrected chi connectivity index (χ0v) is 30.5. The van der Waals surface area contributed by atoms with Gasteiger partial charge in [0.1, 0.15) is 0 Å². The highest BCUT2D eigenvalue weighted by atomic mass is 15.0. The summed E-state index contributed by atoms with van der Waals surface area (Å²) in [5, 5.41) is 2.58. The number of benzene rings is 7. The van der Waals surface area contributed by atoms with Gasteiger partial charge < -0.3 is 4.57 Å². The fourth-order valence-electron chi connectivity index (χ4n) is 12.0. The Bertz CT molecular complexity index is 2650. The number of hydrogen-bond donors (Lipinski definition) is 0. The highest BCUT2D eigenvalue weighted by molar-refractivity contribution is 6.09. The van der Waals surface area contributed by atoms with Gasteiger partial charge in [-0.25, -0.2) is 0 Å². The van der Waals surface area contributed by atoms with E-state index in [1.54, 1.807) is 11.1 Å². The first-order valence-corrected chi connectivity index (χ1v) is 20.2. The Hall–Kier alpha value is -5.66. The summed E-state index contributed by atoms with van der Waals surface area (Å²) in [7, 11) is 0. The Morgan fingerprint density at radius 3 is 1.78 bits per heavy atom. The van der Waals surface area contributed by atoms with E-state index in [4.69, 9.17) is 0 Å². The maximum Gasteiger partial charge on any atom is 0.0541 e. The largest absolute Gasteiger partial charge is 0.309 e. The molecule has 1 heteroatoms. The van der Waals surface area contributed by atoms with Crippen molar-refractivity contribution >= 4 is 21.8 Å². The molecule has 54 heavy (non-hydrogen) atoms. The maximum atomic E-state index is 2.59. The highest BCUT2D eigenvalue weighted by Gasteiger charge is 2.71. The van der Waals surface area contributed by atoms with Gasteiger partial charge in [-0.1, -0.05) is 146 Å². The van der Waals surface area contributed by atoms with E-state index in [0.29, 0.717) is 5.41 Å². The Morgan fingerprint density at radius 2 is 1.07 bits per heavy atom. The summed E-state index contributed by atoms with van der Waals surface area (Å²) in [5.41, 5.74) is 17.1. The van der Waals surface area contributed by atoms with E-state index in [1.165, 1.54) is 92.1 Å². The molecule has 12 rings (SSSR count). The van der Waals surface area contributed by atoms with Gasteiger partial charge in [-0.15, -0.1) is 0 Å². The van der Waals surface area contributed by atoms with Gasteiger partial charge in [0.15, 0.2) is 0 Å². The molecule has 260 valence electrons. The number of aromatic nitrogens is 1. The predicted molar refractivity (Wildman–Crippen MR) is 223 cm³/mol. The monoisotopic (exact) mass is 693 g/mol. The summed E-state index contributed by atoms with van der Waals surface area (Å²) in [5.74, 6) is 3.98. The molecule has 6 unspecified atom stereocenters. The second-order valence-electron chi connectivity index (χ2n) is 16.9. The molecule has 1 spiro atoms. The minimum absolute atomic E-state index is 0.289. The highest BCUT2D eigenvalue weighted by Crippen LogP contribution is 2.81. The third-order valence-corrected chi connectivity index (χ3v) is 14.6. The summed E-state index contributed by atoms with van der Waals surface area (Å²) in [6, 6.07) is 63.9. The number of fused-ring (bicyclic) bond motifs is 7. The van der Waals surface area contributed by atoms with Crippen molar-refractivity contribution in [2.45, 2.75) is 49.9 Å². The zero-order chi connectivity index (χ0) is 35.4. The van der Waals surface area contributed by atoms with Crippen LogP contribution in [-0.2, 0) is 6.42 Å². The molecular weight excluding hydrogens is 651 g/mol. The summed E-state index contributed by atoms with van der Waals surface area (Å²) in [4.78, 5) is 0. The van der Waals surface area contributed by atoms with Crippen LogP contribution in [-0.4, -0.2) is 4.57 Å². The Labute approximate surface area is 317 Å². The lowest BCUT2D eigenvalue weighted by atomic mass is 9.36. The Morgan fingerprint density at radius 1 is 0.500 bits per heavy atom. The minimum atomic E-state index is 0.289. The predicted octanol–water partition coefficient (Wildman–Crippen LogP) is 13.5. The first-order valence-electron chi connectivity index (χ1n) is 20.2. The Kier molecular flexibility index (Phi) is 6.65. The summed E-state index contributed by atoms with van der Waals surface area (Å²) in [6.45, 7) is 0. The van der Waals surface area contributed by atoms with Crippen molar-refractivity contribution in [2.75, 3.05) is 0 Å². The first kappa shape index (κ1) is 30.8. The van der Waals surface area contributed by atoms with Crippen molar-refractivity contribution < 1.29 is 0 Å². The lowest BCUT2D eigenvalue weighted by Gasteiger charge is -2.68. The van der Waals surface area contributed by atoms with Crippen LogP contribution >= 0.6 is 0 Å². The number of hydrogen-bond acceptors (Lipinski definition) is 0. The van der Waals surface area contributed by atoms with Crippen LogP contribution in [0.5, 0.6) is 0 Å². The van der Waals surface area contributed by atoms with Crippen molar-refractivity contribution in [3.05, 3.63) is 198 Å². The molecule has 3 fully saturated rings. The molecule has 7 aromatic carbocycles. The molecule has 3 saturated carbocycles. The molecule has 0 saturated heterocycles. The molecule has 0 amide bonds. The third-order valence-electron chi connectivity index (χ3n) is 14.6. The molecule has 1 nitrogen and oxygen atoms in total. The molecule has 0 N–H and O–H groups in total. The van der Waals surface area contributed by atoms with Gasteiger partial charge in [0.05, 0.1) is 11.0 Å². The zero-order valence-electron chi connectivity index (χ0n) is 30.5. The molecule has 4 aliphatic carbocycles. The van der Waals surface area contributed by atoms with Gasteiger partial charge in [-0.2, -0.15) is 0 Å². The molecule has 0 radical (unpaired) electrons. The molecule has 8 aromatic rings. The smallest absolute Gasteiger partial charge is 0.0541 e. The van der Waals surface area contributed by atoms with Crippen LogP contribution < -0.4 is 0 Å². The van der Waals surface area contributed by atoms with Crippen LogP contribution in [0.15, 0.2) is 170 Å². The molecule has 1 aromatic heterocycles. The van der Waals surface area contributed by atoms with Crippen molar-refractivity contribution in [3.8, 4) is 27.9 Å². The molecule has 6 atom stereocenters. The number of nitrogens with zero attached hydrogens (tertiary/aromatic N) is 1. The van der Waals surface area contributed by atoms with Crippen molar-refractivity contribution in [1.82, 2.24) is 4.57 Å². The van der Waals surface area contributed by atoms with E-state index in [2.05, 4.69) is 174 Å². The van der Waals surface area contributed by atoms with Gasteiger partial charge in [0, 0.05) is 22.4 Å². The van der Waals surface area contributed by atoms with E-state index in [0.717, 1.165) is 30.1 Å². The van der Waals surface area contributed by atoms with Gasteiger partial charge in [-0.3, -0.25) is 0 Å². The number of rotatable bonds is 7. The molecular formula is C53H43N. The van der Waals surface area contributed by atoms with Crippen LogP contribution in [0.4, 0.5) is 0 Å². The topological polar surface area (TPSA) is 4.93 Å².